The van der Waals surface area contributed by atoms with Gasteiger partial charge < -0.3 is 15.4 Å². The van der Waals surface area contributed by atoms with Crippen LogP contribution in [0.25, 0.3) is 6.08 Å². The molecule has 2 N–H and O–H groups in total. The summed E-state index contributed by atoms with van der Waals surface area (Å²) in [5.74, 6) is -1.01. The Labute approximate surface area is 181 Å². The van der Waals surface area contributed by atoms with Gasteiger partial charge >= 0.3 is 6.18 Å². The van der Waals surface area contributed by atoms with Crippen molar-refractivity contribution in [3.05, 3.63) is 84.1 Å². The minimum atomic E-state index is -4.53. The van der Waals surface area contributed by atoms with Crippen LogP contribution in [0.3, 0.4) is 0 Å². The van der Waals surface area contributed by atoms with Crippen LogP contribution in [0.1, 0.15) is 11.1 Å². The van der Waals surface area contributed by atoms with Gasteiger partial charge in [-0.15, -0.1) is 0 Å². The number of carbonyl (C=O) groups excluding carboxylic acids is 1. The van der Waals surface area contributed by atoms with Gasteiger partial charge in [0, 0.05) is 31.6 Å². The first-order chi connectivity index (χ1) is 15.3. The van der Waals surface area contributed by atoms with Crippen LogP contribution in [0.2, 0.25) is 0 Å². The molecule has 0 saturated heterocycles. The SMILES string of the molecule is O=C(/C=C/c1ccc(Oc2cccnc2)c(F)c1)NCCNc1ncccc1C(F)(F)F. The predicted octanol–water partition coefficient (Wildman–Crippen LogP) is 4.67. The highest BCUT2D eigenvalue weighted by Gasteiger charge is 2.33. The van der Waals surface area contributed by atoms with Crippen LogP contribution in [-0.2, 0) is 11.0 Å². The molecule has 6 nitrogen and oxygen atoms in total. The van der Waals surface area contributed by atoms with Crippen molar-refractivity contribution in [3.8, 4) is 11.5 Å². The summed E-state index contributed by atoms with van der Waals surface area (Å²) < 4.78 is 58.4. The van der Waals surface area contributed by atoms with Crippen LogP contribution in [0.4, 0.5) is 23.4 Å². The van der Waals surface area contributed by atoms with Gasteiger partial charge in [-0.3, -0.25) is 9.78 Å². The number of aromatic nitrogens is 2. The molecule has 0 bridgehead atoms. The van der Waals surface area contributed by atoms with E-state index in [1.165, 1.54) is 42.7 Å². The van der Waals surface area contributed by atoms with Crippen LogP contribution < -0.4 is 15.4 Å². The summed E-state index contributed by atoms with van der Waals surface area (Å²) in [5, 5.41) is 5.06. The second-order valence-corrected chi connectivity index (χ2v) is 6.43. The lowest BCUT2D eigenvalue weighted by molar-refractivity contribution is -0.137. The Kier molecular flexibility index (Phi) is 7.37. The summed E-state index contributed by atoms with van der Waals surface area (Å²) in [6.07, 6.45) is 2.32. The van der Waals surface area contributed by atoms with E-state index in [1.807, 2.05) is 0 Å². The molecule has 1 amide bonds. The van der Waals surface area contributed by atoms with E-state index < -0.39 is 23.5 Å². The van der Waals surface area contributed by atoms with Crippen molar-refractivity contribution in [1.82, 2.24) is 15.3 Å². The first-order valence-electron chi connectivity index (χ1n) is 9.42. The highest BCUT2D eigenvalue weighted by Crippen LogP contribution is 2.33. The molecular formula is C22H18F4N4O2. The molecule has 0 atom stereocenters. The Balaban J connectivity index is 1.48. The van der Waals surface area contributed by atoms with Crippen LogP contribution in [0, 0.1) is 5.82 Å². The number of nitrogens with zero attached hydrogens (tertiary/aromatic N) is 2. The van der Waals surface area contributed by atoms with Gasteiger partial charge in [-0.1, -0.05) is 6.07 Å². The van der Waals surface area contributed by atoms with E-state index in [9.17, 15) is 22.4 Å². The Morgan fingerprint density at radius 3 is 2.62 bits per heavy atom. The molecule has 3 rings (SSSR count). The van der Waals surface area contributed by atoms with Crippen LogP contribution >= 0.6 is 0 Å². The molecule has 0 aliphatic carbocycles. The van der Waals surface area contributed by atoms with E-state index in [0.717, 1.165) is 6.07 Å². The first kappa shape index (κ1) is 22.7. The van der Waals surface area contributed by atoms with Crippen molar-refractivity contribution in [2.45, 2.75) is 6.18 Å². The van der Waals surface area contributed by atoms with E-state index in [-0.39, 0.29) is 24.7 Å². The average molecular weight is 446 g/mol. The standard InChI is InChI=1S/C22H18F4N4O2/c23-18-13-15(5-7-19(18)32-16-3-1-9-27-14-16)6-8-20(31)28-11-12-30-21-17(22(24,25)26)4-2-10-29-21/h1-10,13-14H,11-12H2,(H,28,31)(H,29,30)/b8-6+. The number of pyridine rings is 2. The summed E-state index contributed by atoms with van der Waals surface area (Å²) in [7, 11) is 0. The van der Waals surface area contributed by atoms with Gasteiger partial charge in [0.05, 0.1) is 11.8 Å². The molecule has 3 aromatic rings. The number of benzene rings is 1. The highest BCUT2D eigenvalue weighted by atomic mass is 19.4. The second kappa shape index (κ2) is 10.4. The molecule has 0 fully saturated rings. The molecule has 2 heterocycles. The van der Waals surface area contributed by atoms with Crippen molar-refractivity contribution >= 4 is 17.8 Å². The van der Waals surface area contributed by atoms with Crippen LogP contribution in [0.15, 0.2) is 67.1 Å². The predicted molar refractivity (Wildman–Crippen MR) is 110 cm³/mol. The monoisotopic (exact) mass is 446 g/mol. The second-order valence-electron chi connectivity index (χ2n) is 6.43. The third kappa shape index (κ3) is 6.53. The quantitative estimate of drug-likeness (QED) is 0.299. The van der Waals surface area contributed by atoms with Crippen LogP contribution in [0.5, 0.6) is 11.5 Å². The van der Waals surface area contributed by atoms with E-state index in [0.29, 0.717) is 11.3 Å². The van der Waals surface area contributed by atoms with Gasteiger partial charge in [-0.2, -0.15) is 13.2 Å². The fraction of sp³-hybridized carbons (Fsp3) is 0.136. The number of hydrogen-bond donors (Lipinski definition) is 2. The van der Waals surface area contributed by atoms with Crippen molar-refractivity contribution in [1.29, 1.82) is 0 Å². The molecule has 0 unspecified atom stereocenters. The first-order valence-corrected chi connectivity index (χ1v) is 9.42. The summed E-state index contributed by atoms with van der Waals surface area (Å²) in [4.78, 5) is 19.5. The normalized spacial score (nSPS) is 11.4. The van der Waals surface area contributed by atoms with E-state index in [1.54, 1.807) is 24.4 Å². The van der Waals surface area contributed by atoms with Gasteiger partial charge in [0.25, 0.3) is 0 Å². The van der Waals surface area contributed by atoms with Crippen molar-refractivity contribution < 1.29 is 27.1 Å². The number of anilines is 1. The number of halogens is 4. The van der Waals surface area contributed by atoms with Gasteiger partial charge in [0.15, 0.2) is 11.6 Å². The number of carbonyl (C=O) groups is 1. The maximum absolute atomic E-state index is 14.2. The molecule has 2 aromatic heterocycles. The number of hydrogen-bond acceptors (Lipinski definition) is 5. The molecule has 1 aromatic carbocycles. The summed E-state index contributed by atoms with van der Waals surface area (Å²) in [6, 6.07) is 9.61. The molecule has 0 radical (unpaired) electrons. The largest absolute Gasteiger partial charge is 0.453 e. The maximum Gasteiger partial charge on any atom is 0.419 e. The minimum Gasteiger partial charge on any atom is -0.453 e. The zero-order valence-electron chi connectivity index (χ0n) is 16.6. The lowest BCUT2D eigenvalue weighted by atomic mass is 10.2. The fourth-order valence-electron chi connectivity index (χ4n) is 2.61. The Morgan fingerprint density at radius 1 is 1.09 bits per heavy atom. The number of ether oxygens (including phenoxy) is 1. The fourth-order valence-corrected chi connectivity index (χ4v) is 2.61. The van der Waals surface area contributed by atoms with E-state index >= 15 is 0 Å². The molecule has 0 aliphatic rings. The maximum atomic E-state index is 14.2. The lowest BCUT2D eigenvalue weighted by Gasteiger charge is -2.13. The van der Waals surface area contributed by atoms with Gasteiger partial charge in [-0.25, -0.2) is 9.37 Å². The molecule has 0 aliphatic heterocycles. The minimum absolute atomic E-state index is 0.0124. The lowest BCUT2D eigenvalue weighted by Crippen LogP contribution is -2.27. The molecule has 10 heteroatoms. The van der Waals surface area contributed by atoms with Gasteiger partial charge in [0.1, 0.15) is 11.6 Å². The third-order valence-electron chi connectivity index (χ3n) is 4.08. The summed E-state index contributed by atoms with van der Waals surface area (Å²) in [5.41, 5.74) is -0.457. The van der Waals surface area contributed by atoms with Crippen molar-refractivity contribution in [3.63, 3.8) is 0 Å². The number of alkyl halides is 3. The number of amides is 1. The van der Waals surface area contributed by atoms with Gasteiger partial charge in [-0.05, 0) is 48.0 Å². The number of rotatable bonds is 8. The van der Waals surface area contributed by atoms with Crippen molar-refractivity contribution in [2.75, 3.05) is 18.4 Å². The van der Waals surface area contributed by atoms with Gasteiger partial charge in [0.2, 0.25) is 5.91 Å². The highest BCUT2D eigenvalue weighted by molar-refractivity contribution is 5.91. The van der Waals surface area contributed by atoms with E-state index in [2.05, 4.69) is 20.6 Å². The zero-order valence-corrected chi connectivity index (χ0v) is 16.6. The summed E-state index contributed by atoms with van der Waals surface area (Å²) in [6.45, 7) is 0.0952. The number of nitrogens with one attached hydrogen (secondary N) is 2. The van der Waals surface area contributed by atoms with E-state index in [4.69, 9.17) is 4.74 Å². The van der Waals surface area contributed by atoms with Crippen molar-refractivity contribution in [2.24, 2.45) is 0 Å². The average Bonchev–Trinajstić information content (AvgIpc) is 2.77. The molecular weight excluding hydrogens is 428 g/mol. The topological polar surface area (TPSA) is 76.1 Å². The molecule has 0 spiro atoms. The Bertz CT molecular complexity index is 1090. The molecule has 166 valence electrons. The molecule has 0 saturated carbocycles. The Hall–Kier alpha value is -3.95. The third-order valence-corrected chi connectivity index (χ3v) is 4.08. The zero-order chi connectivity index (χ0) is 23.0. The van der Waals surface area contributed by atoms with Crippen LogP contribution in [-0.4, -0.2) is 29.0 Å². The molecule has 32 heavy (non-hydrogen) atoms. The summed E-state index contributed by atoms with van der Waals surface area (Å²) >= 11 is 0. The smallest absolute Gasteiger partial charge is 0.419 e. The Morgan fingerprint density at radius 2 is 1.91 bits per heavy atom.